The third-order valence-corrected chi connectivity index (χ3v) is 4.92. The summed E-state index contributed by atoms with van der Waals surface area (Å²) >= 11 is 0. The van der Waals surface area contributed by atoms with Crippen molar-refractivity contribution in [3.63, 3.8) is 0 Å². The zero-order chi connectivity index (χ0) is 14.3. The van der Waals surface area contributed by atoms with Gasteiger partial charge in [-0.05, 0) is 57.4 Å². The lowest BCUT2D eigenvalue weighted by Crippen LogP contribution is -2.53. The van der Waals surface area contributed by atoms with E-state index in [-0.39, 0.29) is 24.4 Å². The lowest BCUT2D eigenvalue weighted by Gasteiger charge is -2.45. The number of furan rings is 1. The molecule has 21 heavy (non-hydrogen) atoms. The number of rotatable bonds is 2. The lowest BCUT2D eigenvalue weighted by molar-refractivity contribution is 0.0730. The summed E-state index contributed by atoms with van der Waals surface area (Å²) in [5.41, 5.74) is 7.04. The van der Waals surface area contributed by atoms with Gasteiger partial charge >= 0.3 is 0 Å². The average molecular weight is 313 g/mol. The van der Waals surface area contributed by atoms with E-state index in [1.165, 1.54) is 19.3 Å². The Morgan fingerprint density at radius 2 is 1.90 bits per heavy atom. The molecule has 118 valence electrons. The Kier molecular flexibility index (Phi) is 4.99. The molecule has 2 fully saturated rings. The Morgan fingerprint density at radius 3 is 2.43 bits per heavy atom. The van der Waals surface area contributed by atoms with E-state index in [1.807, 2.05) is 19.9 Å². The third-order valence-electron chi connectivity index (χ3n) is 4.92. The molecule has 3 rings (SSSR count). The topological polar surface area (TPSA) is 68.3 Å². The number of aryl methyl sites for hydroxylation is 2. The summed E-state index contributed by atoms with van der Waals surface area (Å²) < 4.78 is 5.52. The Balaban J connectivity index is 0.00000161. The van der Waals surface area contributed by atoms with Gasteiger partial charge in [0, 0.05) is 17.6 Å². The van der Waals surface area contributed by atoms with Gasteiger partial charge in [-0.25, -0.2) is 0 Å². The normalized spacial score (nSPS) is 31.4. The molecule has 0 radical (unpaired) electrons. The van der Waals surface area contributed by atoms with Crippen LogP contribution in [0.2, 0.25) is 0 Å². The Bertz CT molecular complexity index is 500. The first-order chi connectivity index (χ1) is 9.54. The summed E-state index contributed by atoms with van der Waals surface area (Å²) in [6, 6.07) is 2.50. The zero-order valence-electron chi connectivity index (χ0n) is 12.7. The van der Waals surface area contributed by atoms with Gasteiger partial charge in [-0.1, -0.05) is 6.42 Å². The van der Waals surface area contributed by atoms with Crippen LogP contribution in [-0.4, -0.2) is 18.0 Å². The molecule has 0 aromatic carbocycles. The third kappa shape index (κ3) is 3.27. The number of carbonyl (C=O) groups is 1. The van der Waals surface area contributed by atoms with Crippen LogP contribution in [0, 0.1) is 25.7 Å². The van der Waals surface area contributed by atoms with Gasteiger partial charge in [0.1, 0.15) is 5.76 Å². The number of halogens is 1. The van der Waals surface area contributed by atoms with Crippen molar-refractivity contribution in [2.75, 3.05) is 0 Å². The van der Waals surface area contributed by atoms with Gasteiger partial charge in [0.2, 0.25) is 0 Å². The number of carbonyl (C=O) groups excluding carboxylic acids is 1. The fourth-order valence-electron chi connectivity index (χ4n) is 4.11. The summed E-state index contributed by atoms with van der Waals surface area (Å²) in [6.07, 6.45) is 5.72. The maximum atomic E-state index is 12.4. The Hall–Kier alpha value is -1.00. The molecule has 2 aliphatic carbocycles. The predicted octanol–water partition coefficient (Wildman–Crippen LogP) is 2.95. The number of nitrogens with two attached hydrogens (primary N) is 1. The van der Waals surface area contributed by atoms with Gasteiger partial charge in [0.05, 0.1) is 0 Å². The van der Waals surface area contributed by atoms with Crippen molar-refractivity contribution in [3.8, 4) is 0 Å². The van der Waals surface area contributed by atoms with Gasteiger partial charge in [-0.15, -0.1) is 12.4 Å². The first kappa shape index (κ1) is 16.4. The van der Waals surface area contributed by atoms with Crippen molar-refractivity contribution in [1.82, 2.24) is 5.32 Å². The molecule has 1 amide bonds. The first-order valence-electron chi connectivity index (χ1n) is 7.68. The average Bonchev–Trinajstić information content (AvgIpc) is 2.69. The highest BCUT2D eigenvalue weighted by Gasteiger charge is 2.40. The molecule has 1 aromatic rings. The van der Waals surface area contributed by atoms with Crippen LogP contribution in [0.15, 0.2) is 10.5 Å². The van der Waals surface area contributed by atoms with E-state index < -0.39 is 0 Å². The molecule has 0 aliphatic heterocycles. The minimum Gasteiger partial charge on any atom is -0.456 e. The lowest BCUT2D eigenvalue weighted by atomic mass is 9.67. The fourth-order valence-corrected chi connectivity index (χ4v) is 4.11. The van der Waals surface area contributed by atoms with E-state index in [4.69, 9.17) is 10.2 Å². The van der Waals surface area contributed by atoms with E-state index in [0.717, 1.165) is 24.2 Å². The Labute approximate surface area is 132 Å². The molecule has 4 nitrogen and oxygen atoms in total. The highest BCUT2D eigenvalue weighted by atomic mass is 35.5. The first-order valence-corrected chi connectivity index (χ1v) is 7.68. The van der Waals surface area contributed by atoms with E-state index in [0.29, 0.717) is 23.6 Å². The quantitative estimate of drug-likeness (QED) is 0.882. The molecule has 2 bridgehead atoms. The maximum Gasteiger partial charge on any atom is 0.287 e. The van der Waals surface area contributed by atoms with Crippen LogP contribution in [0.1, 0.15) is 54.0 Å². The van der Waals surface area contributed by atoms with Crippen LogP contribution in [0.4, 0.5) is 0 Å². The number of nitrogens with one attached hydrogen (secondary N) is 1. The second-order valence-corrected chi connectivity index (χ2v) is 6.55. The summed E-state index contributed by atoms with van der Waals surface area (Å²) in [5, 5.41) is 3.22. The van der Waals surface area contributed by atoms with Gasteiger partial charge < -0.3 is 15.5 Å². The molecule has 5 heteroatoms. The van der Waals surface area contributed by atoms with E-state index in [1.54, 1.807) is 0 Å². The van der Waals surface area contributed by atoms with Gasteiger partial charge in [-0.2, -0.15) is 0 Å². The van der Waals surface area contributed by atoms with Crippen LogP contribution in [0.5, 0.6) is 0 Å². The smallest absolute Gasteiger partial charge is 0.287 e. The van der Waals surface area contributed by atoms with Gasteiger partial charge in [0.15, 0.2) is 5.76 Å². The second-order valence-electron chi connectivity index (χ2n) is 6.55. The summed E-state index contributed by atoms with van der Waals surface area (Å²) in [7, 11) is 0. The molecule has 0 saturated heterocycles. The fraction of sp³-hybridized carbons (Fsp3) is 0.688. The molecule has 2 atom stereocenters. The summed E-state index contributed by atoms with van der Waals surface area (Å²) in [4.78, 5) is 12.4. The molecule has 1 heterocycles. The molecule has 2 unspecified atom stereocenters. The van der Waals surface area contributed by atoms with Crippen molar-refractivity contribution in [1.29, 1.82) is 0 Å². The van der Waals surface area contributed by atoms with Crippen LogP contribution in [0.3, 0.4) is 0 Å². The van der Waals surface area contributed by atoms with Gasteiger partial charge in [-0.3, -0.25) is 4.79 Å². The van der Waals surface area contributed by atoms with Crippen LogP contribution in [0.25, 0.3) is 0 Å². The van der Waals surface area contributed by atoms with E-state index >= 15 is 0 Å². The van der Waals surface area contributed by atoms with Crippen LogP contribution < -0.4 is 11.1 Å². The van der Waals surface area contributed by atoms with Gasteiger partial charge in [0.25, 0.3) is 5.91 Å². The van der Waals surface area contributed by atoms with E-state index in [9.17, 15) is 4.79 Å². The monoisotopic (exact) mass is 312 g/mol. The zero-order valence-corrected chi connectivity index (χ0v) is 13.5. The number of hydrogen-bond acceptors (Lipinski definition) is 3. The van der Waals surface area contributed by atoms with Crippen molar-refractivity contribution in [2.24, 2.45) is 17.6 Å². The Morgan fingerprint density at radius 1 is 1.29 bits per heavy atom. The number of hydrogen-bond donors (Lipinski definition) is 2. The maximum absolute atomic E-state index is 12.4. The minimum absolute atomic E-state index is 0. The highest BCUT2D eigenvalue weighted by Crippen LogP contribution is 2.39. The van der Waals surface area contributed by atoms with E-state index in [2.05, 4.69) is 5.32 Å². The largest absolute Gasteiger partial charge is 0.456 e. The molecule has 2 saturated carbocycles. The molecule has 3 N–H and O–H groups in total. The highest BCUT2D eigenvalue weighted by molar-refractivity contribution is 5.93. The number of fused-ring (bicyclic) bond motifs is 2. The standard InChI is InChI=1S/C16H24N2O2.ClH/c1-9-6-10(2)20-15(9)16(19)18-14-11-4-3-5-12(14)8-13(17)7-11;/h6,11-14H,3-5,7-8,17H2,1-2H3,(H,18,19);1H. The predicted molar refractivity (Wildman–Crippen MR) is 84.7 cm³/mol. The molecule has 2 aliphatic rings. The molecular weight excluding hydrogens is 288 g/mol. The van der Waals surface area contributed by atoms with Crippen molar-refractivity contribution >= 4 is 18.3 Å². The van der Waals surface area contributed by atoms with Crippen molar-refractivity contribution in [3.05, 3.63) is 23.2 Å². The summed E-state index contributed by atoms with van der Waals surface area (Å²) in [5.74, 6) is 2.28. The molecule has 0 spiro atoms. The minimum atomic E-state index is -0.0621. The second kappa shape index (κ2) is 6.41. The van der Waals surface area contributed by atoms with Crippen molar-refractivity contribution < 1.29 is 9.21 Å². The SMILES string of the molecule is Cc1cc(C)c(C(=O)NC2C3CCCC2CC(N)C3)o1.Cl. The molecular formula is C16H25ClN2O2. The number of amides is 1. The van der Waals surface area contributed by atoms with Crippen molar-refractivity contribution in [2.45, 2.75) is 58.0 Å². The van der Waals surface area contributed by atoms with Crippen LogP contribution in [-0.2, 0) is 0 Å². The summed E-state index contributed by atoms with van der Waals surface area (Å²) in [6.45, 7) is 3.79. The molecule has 1 aromatic heterocycles. The van der Waals surface area contributed by atoms with Crippen LogP contribution >= 0.6 is 12.4 Å².